The highest BCUT2D eigenvalue weighted by atomic mass is 16.4. The number of piperidine rings is 1. The molecule has 0 aliphatic carbocycles. The predicted octanol–water partition coefficient (Wildman–Crippen LogP) is 3.51. The zero-order valence-corrected chi connectivity index (χ0v) is 13.4. The van der Waals surface area contributed by atoms with Crippen LogP contribution in [0.3, 0.4) is 0 Å². The molecule has 3 atom stereocenters. The van der Waals surface area contributed by atoms with Crippen LogP contribution < -0.4 is 5.32 Å². The summed E-state index contributed by atoms with van der Waals surface area (Å²) in [4.78, 5) is 23.7. The van der Waals surface area contributed by atoms with Gasteiger partial charge in [-0.25, -0.2) is 0 Å². The Morgan fingerprint density at radius 1 is 1.00 bits per heavy atom. The van der Waals surface area contributed by atoms with Crippen molar-refractivity contribution in [1.82, 2.24) is 5.32 Å². The molecule has 4 nitrogen and oxygen atoms in total. The second-order valence-electron chi connectivity index (χ2n) is 6.23. The number of carboxylic acid groups (broad SMARTS) is 1. The van der Waals surface area contributed by atoms with E-state index < -0.39 is 5.97 Å². The average Bonchev–Trinajstić information content (AvgIpc) is 2.61. The maximum Gasteiger partial charge on any atom is 0.303 e. The quantitative estimate of drug-likeness (QED) is 0.883. The molecular formula is C20H21NO3. The number of carbonyl (C=O) groups is 2. The summed E-state index contributed by atoms with van der Waals surface area (Å²) in [7, 11) is 0. The van der Waals surface area contributed by atoms with Gasteiger partial charge in [-0.1, -0.05) is 60.7 Å². The predicted molar refractivity (Wildman–Crippen MR) is 91.5 cm³/mol. The Morgan fingerprint density at radius 3 is 2.17 bits per heavy atom. The van der Waals surface area contributed by atoms with E-state index in [2.05, 4.69) is 5.32 Å². The van der Waals surface area contributed by atoms with Crippen LogP contribution in [-0.2, 0) is 9.59 Å². The van der Waals surface area contributed by atoms with E-state index in [9.17, 15) is 9.59 Å². The maximum atomic E-state index is 12.7. The first-order valence-electron chi connectivity index (χ1n) is 8.25. The molecule has 1 aliphatic rings. The minimum absolute atomic E-state index is 0.0113. The van der Waals surface area contributed by atoms with E-state index in [0.29, 0.717) is 12.8 Å². The molecule has 2 aromatic rings. The summed E-state index contributed by atoms with van der Waals surface area (Å²) < 4.78 is 0. The van der Waals surface area contributed by atoms with E-state index in [1.807, 2.05) is 60.7 Å². The van der Waals surface area contributed by atoms with Crippen molar-refractivity contribution < 1.29 is 14.7 Å². The minimum Gasteiger partial charge on any atom is -0.481 e. The third kappa shape index (κ3) is 3.71. The van der Waals surface area contributed by atoms with Gasteiger partial charge in [0.15, 0.2) is 0 Å². The first kappa shape index (κ1) is 16.4. The smallest absolute Gasteiger partial charge is 0.303 e. The number of carbonyl (C=O) groups excluding carboxylic acids is 1. The van der Waals surface area contributed by atoms with Crippen molar-refractivity contribution in [3.8, 4) is 0 Å². The first-order valence-corrected chi connectivity index (χ1v) is 8.25. The monoisotopic (exact) mass is 323 g/mol. The summed E-state index contributed by atoms with van der Waals surface area (Å²) >= 11 is 0. The Labute approximate surface area is 141 Å². The van der Waals surface area contributed by atoms with Crippen LogP contribution in [0.1, 0.15) is 42.5 Å². The lowest BCUT2D eigenvalue weighted by Gasteiger charge is -2.37. The van der Waals surface area contributed by atoms with E-state index in [1.54, 1.807) is 0 Å². The lowest BCUT2D eigenvalue weighted by molar-refractivity contribution is -0.137. The normalized spacial score (nSPS) is 23.8. The minimum atomic E-state index is -0.861. The number of hydrogen-bond donors (Lipinski definition) is 2. The van der Waals surface area contributed by atoms with Crippen LogP contribution in [0.4, 0.5) is 0 Å². The fourth-order valence-electron chi connectivity index (χ4n) is 3.43. The molecule has 24 heavy (non-hydrogen) atoms. The summed E-state index contributed by atoms with van der Waals surface area (Å²) in [5.74, 6) is -1.03. The molecule has 124 valence electrons. The van der Waals surface area contributed by atoms with Crippen LogP contribution >= 0.6 is 0 Å². The van der Waals surface area contributed by atoms with Gasteiger partial charge >= 0.3 is 5.97 Å². The molecule has 0 saturated carbocycles. The zero-order valence-electron chi connectivity index (χ0n) is 13.4. The topological polar surface area (TPSA) is 66.4 Å². The molecular weight excluding hydrogens is 302 g/mol. The van der Waals surface area contributed by atoms with Gasteiger partial charge in [-0.05, 0) is 17.5 Å². The molecule has 0 amide bonds. The van der Waals surface area contributed by atoms with Crippen molar-refractivity contribution in [2.75, 3.05) is 0 Å². The van der Waals surface area contributed by atoms with Gasteiger partial charge in [0, 0.05) is 30.8 Å². The van der Waals surface area contributed by atoms with Gasteiger partial charge < -0.3 is 10.4 Å². The number of benzene rings is 2. The fraction of sp³-hybridized carbons (Fsp3) is 0.300. The Kier molecular flexibility index (Phi) is 5.06. The SMILES string of the molecule is O=C(O)CCC1C(=O)CC(c2ccccc2)NC1c1ccccc1. The Balaban J connectivity index is 1.87. The Bertz CT molecular complexity index is 699. The first-order chi connectivity index (χ1) is 11.6. The average molecular weight is 323 g/mol. The summed E-state index contributed by atoms with van der Waals surface area (Å²) in [5, 5.41) is 12.6. The lowest BCUT2D eigenvalue weighted by atomic mass is 9.78. The van der Waals surface area contributed by atoms with E-state index in [0.717, 1.165) is 11.1 Å². The third-order valence-corrected chi connectivity index (χ3v) is 4.63. The van der Waals surface area contributed by atoms with Gasteiger partial charge in [0.1, 0.15) is 5.78 Å². The van der Waals surface area contributed by atoms with E-state index >= 15 is 0 Å². The molecule has 0 spiro atoms. The van der Waals surface area contributed by atoms with Crippen LogP contribution in [0.25, 0.3) is 0 Å². The summed E-state index contributed by atoms with van der Waals surface area (Å²) in [6.45, 7) is 0. The molecule has 4 heteroatoms. The van der Waals surface area contributed by atoms with Crippen LogP contribution in [-0.4, -0.2) is 16.9 Å². The van der Waals surface area contributed by atoms with Gasteiger partial charge in [-0.3, -0.25) is 9.59 Å². The number of nitrogens with one attached hydrogen (secondary N) is 1. The highest BCUT2D eigenvalue weighted by Gasteiger charge is 2.37. The standard InChI is InChI=1S/C20H21NO3/c22-18-13-17(14-7-3-1-4-8-14)21-20(15-9-5-2-6-10-15)16(18)11-12-19(23)24/h1-10,16-17,20-21H,11-13H2,(H,23,24). The second kappa shape index (κ2) is 7.41. The number of carboxylic acids is 1. The molecule has 2 aromatic carbocycles. The van der Waals surface area contributed by atoms with Crippen molar-refractivity contribution in [3.05, 3.63) is 71.8 Å². The largest absolute Gasteiger partial charge is 0.481 e. The van der Waals surface area contributed by atoms with E-state index in [-0.39, 0.29) is 30.2 Å². The van der Waals surface area contributed by atoms with Crippen LogP contribution in [0, 0.1) is 5.92 Å². The van der Waals surface area contributed by atoms with Gasteiger partial charge in [0.25, 0.3) is 0 Å². The van der Waals surface area contributed by atoms with Crippen LogP contribution in [0.15, 0.2) is 60.7 Å². The number of hydrogen-bond acceptors (Lipinski definition) is 3. The van der Waals surface area contributed by atoms with Gasteiger partial charge in [0.05, 0.1) is 0 Å². The highest BCUT2D eigenvalue weighted by molar-refractivity contribution is 5.84. The van der Waals surface area contributed by atoms with Gasteiger partial charge in [-0.15, -0.1) is 0 Å². The van der Waals surface area contributed by atoms with Gasteiger partial charge in [-0.2, -0.15) is 0 Å². The van der Waals surface area contributed by atoms with E-state index in [1.165, 1.54) is 0 Å². The molecule has 1 saturated heterocycles. The molecule has 3 rings (SSSR count). The van der Waals surface area contributed by atoms with Crippen molar-refractivity contribution >= 4 is 11.8 Å². The Morgan fingerprint density at radius 2 is 1.58 bits per heavy atom. The third-order valence-electron chi connectivity index (χ3n) is 4.63. The van der Waals surface area contributed by atoms with Crippen LogP contribution in [0.5, 0.6) is 0 Å². The Hall–Kier alpha value is -2.46. The fourth-order valence-corrected chi connectivity index (χ4v) is 3.43. The zero-order chi connectivity index (χ0) is 16.9. The van der Waals surface area contributed by atoms with Crippen molar-refractivity contribution in [2.45, 2.75) is 31.3 Å². The molecule has 3 unspecified atom stereocenters. The molecule has 1 aliphatic heterocycles. The lowest BCUT2D eigenvalue weighted by Crippen LogP contribution is -2.42. The molecule has 0 radical (unpaired) electrons. The summed E-state index contributed by atoms with van der Waals surface area (Å²) in [5.41, 5.74) is 2.12. The molecule has 0 aromatic heterocycles. The second-order valence-corrected chi connectivity index (χ2v) is 6.23. The number of rotatable bonds is 5. The van der Waals surface area contributed by atoms with Crippen LogP contribution in [0.2, 0.25) is 0 Å². The molecule has 2 N–H and O–H groups in total. The number of aliphatic carboxylic acids is 1. The summed E-state index contributed by atoms with van der Waals surface area (Å²) in [6.07, 6.45) is 0.775. The molecule has 1 heterocycles. The number of Topliss-reactive ketones (excluding diaryl/α,β-unsaturated/α-hetero) is 1. The van der Waals surface area contributed by atoms with Crippen molar-refractivity contribution in [1.29, 1.82) is 0 Å². The number of ketones is 1. The highest BCUT2D eigenvalue weighted by Crippen LogP contribution is 2.37. The van der Waals surface area contributed by atoms with Crippen molar-refractivity contribution in [2.24, 2.45) is 5.92 Å². The molecule has 0 bridgehead atoms. The van der Waals surface area contributed by atoms with Gasteiger partial charge in [0.2, 0.25) is 0 Å². The summed E-state index contributed by atoms with van der Waals surface area (Å²) in [6, 6.07) is 19.6. The van der Waals surface area contributed by atoms with Crippen molar-refractivity contribution in [3.63, 3.8) is 0 Å². The molecule has 1 fully saturated rings. The maximum absolute atomic E-state index is 12.7. The van der Waals surface area contributed by atoms with E-state index in [4.69, 9.17) is 5.11 Å².